The number of hydrogen-bond donors (Lipinski definition) is 0. The van der Waals surface area contributed by atoms with E-state index in [0.29, 0.717) is 0 Å². The monoisotopic (exact) mass is 177 g/mol. The summed E-state index contributed by atoms with van der Waals surface area (Å²) in [5.41, 5.74) is 0.892. The summed E-state index contributed by atoms with van der Waals surface area (Å²) in [5, 5.41) is 1.05. The van der Waals surface area contributed by atoms with E-state index >= 15 is 0 Å². The zero-order valence-corrected chi connectivity index (χ0v) is 7.38. The van der Waals surface area contributed by atoms with Crippen molar-refractivity contribution in [3.8, 4) is 10.6 Å². The van der Waals surface area contributed by atoms with Gasteiger partial charge < -0.3 is 0 Å². The topological polar surface area (TPSA) is 38.7 Å². The molecule has 0 amide bonds. The lowest BCUT2D eigenvalue weighted by molar-refractivity contribution is 1.21. The van der Waals surface area contributed by atoms with Gasteiger partial charge in [0.2, 0.25) is 0 Å². The fourth-order valence-electron chi connectivity index (χ4n) is 0.906. The Morgan fingerprint density at radius 3 is 2.67 bits per heavy atom. The lowest BCUT2D eigenvalue weighted by Crippen LogP contribution is -1.79. The average molecular weight is 177 g/mol. The van der Waals surface area contributed by atoms with Crippen molar-refractivity contribution in [2.45, 2.75) is 6.92 Å². The summed E-state index contributed by atoms with van der Waals surface area (Å²) < 4.78 is 0. The largest absolute Gasteiger partial charge is 0.261 e. The third-order valence-electron chi connectivity index (χ3n) is 1.44. The molecule has 4 heteroatoms. The molecule has 60 valence electrons. The van der Waals surface area contributed by atoms with E-state index in [0.717, 1.165) is 15.6 Å². The van der Waals surface area contributed by atoms with Gasteiger partial charge in [-0.1, -0.05) is 0 Å². The Labute approximate surface area is 74.2 Å². The maximum atomic E-state index is 4.17. The van der Waals surface area contributed by atoms with E-state index in [9.17, 15) is 0 Å². The van der Waals surface area contributed by atoms with Gasteiger partial charge in [0.05, 0.1) is 16.1 Å². The molecule has 0 bridgehead atoms. The summed E-state index contributed by atoms with van der Waals surface area (Å²) in [7, 11) is 0. The van der Waals surface area contributed by atoms with E-state index in [1.54, 1.807) is 29.9 Å². The van der Waals surface area contributed by atoms with Crippen molar-refractivity contribution in [2.24, 2.45) is 0 Å². The molecule has 3 nitrogen and oxygen atoms in total. The van der Waals surface area contributed by atoms with E-state index < -0.39 is 0 Å². The first-order valence-corrected chi connectivity index (χ1v) is 4.37. The number of aryl methyl sites for hydroxylation is 1. The Kier molecular flexibility index (Phi) is 1.83. The van der Waals surface area contributed by atoms with Gasteiger partial charge in [-0.15, -0.1) is 11.3 Å². The van der Waals surface area contributed by atoms with Gasteiger partial charge in [-0.25, -0.2) is 4.98 Å². The number of thiazole rings is 1. The van der Waals surface area contributed by atoms with Crippen molar-refractivity contribution >= 4 is 11.3 Å². The van der Waals surface area contributed by atoms with Crippen LogP contribution < -0.4 is 0 Å². The lowest BCUT2D eigenvalue weighted by Gasteiger charge is -1.90. The molecule has 12 heavy (non-hydrogen) atoms. The molecule has 2 rings (SSSR count). The zero-order chi connectivity index (χ0) is 8.39. The minimum Gasteiger partial charge on any atom is -0.261 e. The molecule has 0 aliphatic carbocycles. The van der Waals surface area contributed by atoms with Crippen LogP contribution in [0.3, 0.4) is 0 Å². The first kappa shape index (κ1) is 7.36. The van der Waals surface area contributed by atoms with Gasteiger partial charge in [-0.3, -0.25) is 9.97 Å². The second kappa shape index (κ2) is 2.98. The molecular formula is C8H7N3S. The fraction of sp³-hybridized carbons (Fsp3) is 0.125. The van der Waals surface area contributed by atoms with Gasteiger partial charge in [-0.05, 0) is 6.92 Å². The maximum Gasteiger partial charge on any atom is 0.100 e. The lowest BCUT2D eigenvalue weighted by atomic mass is 10.4. The maximum absolute atomic E-state index is 4.17. The Morgan fingerprint density at radius 2 is 2.08 bits per heavy atom. The van der Waals surface area contributed by atoms with Crippen molar-refractivity contribution in [1.29, 1.82) is 0 Å². The quantitative estimate of drug-likeness (QED) is 0.667. The van der Waals surface area contributed by atoms with Crippen LogP contribution in [0.25, 0.3) is 10.6 Å². The van der Waals surface area contributed by atoms with Gasteiger partial charge >= 0.3 is 0 Å². The first-order chi connectivity index (χ1) is 5.86. The highest BCUT2D eigenvalue weighted by Crippen LogP contribution is 2.22. The molecule has 0 aliphatic rings. The van der Waals surface area contributed by atoms with Crippen molar-refractivity contribution in [3.63, 3.8) is 0 Å². The highest BCUT2D eigenvalue weighted by atomic mass is 32.1. The van der Waals surface area contributed by atoms with E-state index in [2.05, 4.69) is 15.0 Å². The van der Waals surface area contributed by atoms with Crippen molar-refractivity contribution in [2.75, 3.05) is 0 Å². The average Bonchev–Trinajstić information content (AvgIpc) is 2.54. The summed E-state index contributed by atoms with van der Waals surface area (Å²) in [6.07, 6.45) is 6.92. The van der Waals surface area contributed by atoms with Crippen LogP contribution in [-0.2, 0) is 0 Å². The van der Waals surface area contributed by atoms with Crippen LogP contribution in [0.2, 0.25) is 0 Å². The first-order valence-electron chi connectivity index (χ1n) is 3.55. The summed E-state index contributed by atoms with van der Waals surface area (Å²) in [6, 6.07) is 0. The second-order valence-electron chi connectivity index (χ2n) is 2.33. The predicted octanol–water partition coefficient (Wildman–Crippen LogP) is 1.91. The van der Waals surface area contributed by atoms with Gasteiger partial charge in [0.1, 0.15) is 5.69 Å². The van der Waals surface area contributed by atoms with Gasteiger partial charge in [0.15, 0.2) is 0 Å². The molecule has 0 spiro atoms. The molecule has 0 atom stereocenters. The standard InChI is InChI=1S/C8H7N3S/c1-6-11-5-8(12-6)7-4-9-2-3-10-7/h2-5H,1H3. The number of nitrogens with zero attached hydrogens (tertiary/aromatic N) is 3. The Hall–Kier alpha value is -1.29. The third kappa shape index (κ3) is 1.33. The van der Waals surface area contributed by atoms with Gasteiger partial charge in [0.25, 0.3) is 0 Å². The Morgan fingerprint density at radius 1 is 1.17 bits per heavy atom. The highest BCUT2D eigenvalue weighted by molar-refractivity contribution is 7.15. The minimum atomic E-state index is 0.892. The Bertz CT molecular complexity index is 369. The third-order valence-corrected chi connectivity index (χ3v) is 2.37. The summed E-state index contributed by atoms with van der Waals surface area (Å²) >= 11 is 1.63. The summed E-state index contributed by atoms with van der Waals surface area (Å²) in [6.45, 7) is 1.98. The number of aromatic nitrogens is 3. The molecule has 0 aromatic carbocycles. The van der Waals surface area contributed by atoms with Gasteiger partial charge in [0, 0.05) is 18.6 Å². The predicted molar refractivity (Wildman–Crippen MR) is 47.9 cm³/mol. The molecule has 0 N–H and O–H groups in total. The van der Waals surface area contributed by atoms with E-state index in [-0.39, 0.29) is 0 Å². The molecule has 2 aromatic heterocycles. The van der Waals surface area contributed by atoms with Crippen molar-refractivity contribution in [1.82, 2.24) is 15.0 Å². The Balaban J connectivity index is 2.45. The van der Waals surface area contributed by atoms with E-state index in [4.69, 9.17) is 0 Å². The van der Waals surface area contributed by atoms with Crippen LogP contribution in [0.15, 0.2) is 24.8 Å². The zero-order valence-electron chi connectivity index (χ0n) is 6.56. The fourth-order valence-corrected chi connectivity index (χ4v) is 1.65. The minimum absolute atomic E-state index is 0.892. The molecule has 2 heterocycles. The molecule has 2 aromatic rings. The smallest absolute Gasteiger partial charge is 0.100 e. The van der Waals surface area contributed by atoms with Crippen molar-refractivity contribution in [3.05, 3.63) is 29.8 Å². The van der Waals surface area contributed by atoms with Crippen LogP contribution in [0, 0.1) is 6.92 Å². The van der Waals surface area contributed by atoms with Crippen LogP contribution in [0.5, 0.6) is 0 Å². The summed E-state index contributed by atoms with van der Waals surface area (Å²) in [5.74, 6) is 0. The van der Waals surface area contributed by atoms with Crippen LogP contribution in [-0.4, -0.2) is 15.0 Å². The molecular weight excluding hydrogens is 170 g/mol. The molecule has 0 saturated carbocycles. The SMILES string of the molecule is Cc1ncc(-c2cnccn2)s1. The van der Waals surface area contributed by atoms with Crippen molar-refractivity contribution < 1.29 is 0 Å². The van der Waals surface area contributed by atoms with Crippen LogP contribution in [0.4, 0.5) is 0 Å². The highest BCUT2D eigenvalue weighted by Gasteiger charge is 2.01. The van der Waals surface area contributed by atoms with Gasteiger partial charge in [-0.2, -0.15) is 0 Å². The van der Waals surface area contributed by atoms with E-state index in [1.165, 1.54) is 0 Å². The number of rotatable bonds is 1. The number of hydrogen-bond acceptors (Lipinski definition) is 4. The van der Waals surface area contributed by atoms with E-state index in [1.807, 2.05) is 13.1 Å². The molecule has 0 saturated heterocycles. The molecule has 0 radical (unpaired) electrons. The molecule has 0 aliphatic heterocycles. The van der Waals surface area contributed by atoms with Crippen LogP contribution in [0.1, 0.15) is 5.01 Å². The molecule has 0 unspecified atom stereocenters. The summed E-state index contributed by atoms with van der Waals surface area (Å²) in [4.78, 5) is 13.4. The van der Waals surface area contributed by atoms with Crippen LogP contribution >= 0.6 is 11.3 Å². The molecule has 0 fully saturated rings. The second-order valence-corrected chi connectivity index (χ2v) is 3.57. The normalized spacial score (nSPS) is 10.1.